The molecule has 0 bridgehead atoms. The predicted molar refractivity (Wildman–Crippen MR) is 48.7 cm³/mol. The summed E-state index contributed by atoms with van der Waals surface area (Å²) < 4.78 is 0.834. The maximum atomic E-state index is 5.55. The van der Waals surface area contributed by atoms with Crippen LogP contribution in [0, 0.1) is 0 Å². The minimum Gasteiger partial charge on any atom is -0.249 e. The van der Waals surface area contributed by atoms with Gasteiger partial charge in [-0.2, -0.15) is 0 Å². The fourth-order valence-electron chi connectivity index (χ4n) is 0.526. The van der Waals surface area contributed by atoms with Gasteiger partial charge in [-0.1, -0.05) is 0 Å². The predicted octanol–water partition coefficient (Wildman–Crippen LogP) is 3.00. The standard InChI is InChI=1S/C6H5BrClN.ClH/c7-6-3-5(4-8)1-2-9-6;/h1-3H,4H2;1H. The van der Waals surface area contributed by atoms with Gasteiger partial charge in [-0.3, -0.25) is 0 Å². The summed E-state index contributed by atoms with van der Waals surface area (Å²) in [5, 5.41) is 0. The monoisotopic (exact) mass is 241 g/mol. The molecule has 0 aliphatic rings. The average Bonchev–Trinajstić information content (AvgIpc) is 1.88. The Morgan fingerprint density at radius 3 is 2.70 bits per heavy atom. The Bertz CT molecular complexity index is 205. The second-order valence-electron chi connectivity index (χ2n) is 1.62. The molecule has 0 atom stereocenters. The van der Waals surface area contributed by atoms with E-state index in [0.29, 0.717) is 5.88 Å². The molecule has 1 aromatic heterocycles. The number of nitrogens with zero attached hydrogens (tertiary/aromatic N) is 1. The van der Waals surface area contributed by atoms with E-state index in [1.54, 1.807) is 6.20 Å². The summed E-state index contributed by atoms with van der Waals surface area (Å²) >= 11 is 8.78. The Morgan fingerprint density at radius 1 is 1.60 bits per heavy atom. The second kappa shape index (κ2) is 4.94. The van der Waals surface area contributed by atoms with E-state index in [9.17, 15) is 0 Å². The van der Waals surface area contributed by atoms with Crippen LogP contribution in [-0.2, 0) is 5.88 Å². The molecule has 1 rings (SSSR count). The number of rotatable bonds is 1. The number of hydrogen-bond donors (Lipinski definition) is 0. The lowest BCUT2D eigenvalue weighted by atomic mass is 10.3. The van der Waals surface area contributed by atoms with Crippen LogP contribution >= 0.6 is 39.9 Å². The van der Waals surface area contributed by atoms with Gasteiger partial charge in [-0.15, -0.1) is 24.0 Å². The number of halogens is 3. The highest BCUT2D eigenvalue weighted by Crippen LogP contribution is 2.09. The zero-order chi connectivity index (χ0) is 6.69. The van der Waals surface area contributed by atoms with Crippen LogP contribution in [-0.4, -0.2) is 4.98 Å². The summed E-state index contributed by atoms with van der Waals surface area (Å²) in [6, 6.07) is 3.78. The van der Waals surface area contributed by atoms with Crippen molar-refractivity contribution < 1.29 is 0 Å². The van der Waals surface area contributed by atoms with E-state index < -0.39 is 0 Å². The van der Waals surface area contributed by atoms with Crippen LogP contribution in [0.15, 0.2) is 22.9 Å². The lowest BCUT2D eigenvalue weighted by Crippen LogP contribution is -1.78. The van der Waals surface area contributed by atoms with Crippen molar-refractivity contribution in [1.29, 1.82) is 0 Å². The van der Waals surface area contributed by atoms with Crippen molar-refractivity contribution in [1.82, 2.24) is 4.98 Å². The van der Waals surface area contributed by atoms with Crippen LogP contribution in [0.25, 0.3) is 0 Å². The highest BCUT2D eigenvalue weighted by molar-refractivity contribution is 9.10. The van der Waals surface area contributed by atoms with Crippen LogP contribution in [0.3, 0.4) is 0 Å². The largest absolute Gasteiger partial charge is 0.249 e. The molecule has 1 heterocycles. The van der Waals surface area contributed by atoms with Gasteiger partial charge >= 0.3 is 0 Å². The molecule has 0 amide bonds. The molecule has 56 valence electrons. The van der Waals surface area contributed by atoms with Gasteiger partial charge in [-0.25, -0.2) is 4.98 Å². The van der Waals surface area contributed by atoms with E-state index in [1.165, 1.54) is 0 Å². The summed E-state index contributed by atoms with van der Waals surface area (Å²) in [6.07, 6.45) is 1.72. The molecule has 10 heavy (non-hydrogen) atoms. The molecule has 0 spiro atoms. The molecular formula is C6H6BrCl2N. The van der Waals surface area contributed by atoms with E-state index >= 15 is 0 Å². The summed E-state index contributed by atoms with van der Waals surface area (Å²) in [4.78, 5) is 3.95. The van der Waals surface area contributed by atoms with E-state index in [-0.39, 0.29) is 12.4 Å². The zero-order valence-electron chi connectivity index (χ0n) is 5.05. The van der Waals surface area contributed by atoms with E-state index in [1.807, 2.05) is 12.1 Å². The normalized spacial score (nSPS) is 8.60. The van der Waals surface area contributed by atoms with Crippen LogP contribution in [0.4, 0.5) is 0 Å². The Balaban J connectivity index is 0.000000810. The van der Waals surface area contributed by atoms with Gasteiger partial charge < -0.3 is 0 Å². The van der Waals surface area contributed by atoms with Gasteiger partial charge in [0, 0.05) is 12.1 Å². The topological polar surface area (TPSA) is 12.9 Å². The highest BCUT2D eigenvalue weighted by Gasteiger charge is 1.89. The van der Waals surface area contributed by atoms with Crippen LogP contribution in [0.2, 0.25) is 0 Å². The third-order valence-corrected chi connectivity index (χ3v) is 1.69. The molecule has 4 heteroatoms. The quantitative estimate of drug-likeness (QED) is 0.545. The first-order valence-electron chi connectivity index (χ1n) is 2.49. The number of aromatic nitrogens is 1. The molecule has 0 saturated heterocycles. The molecule has 0 unspecified atom stereocenters. The summed E-state index contributed by atoms with van der Waals surface area (Å²) in [6.45, 7) is 0. The van der Waals surface area contributed by atoms with Crippen molar-refractivity contribution in [3.8, 4) is 0 Å². The minimum absolute atomic E-state index is 0. The summed E-state index contributed by atoms with van der Waals surface area (Å²) in [5.41, 5.74) is 1.08. The maximum absolute atomic E-state index is 5.55. The van der Waals surface area contributed by atoms with Gasteiger partial charge in [0.05, 0.1) is 0 Å². The SMILES string of the molecule is Cl.ClCc1ccnc(Br)c1. The third kappa shape index (κ3) is 2.86. The second-order valence-corrected chi connectivity index (χ2v) is 2.70. The molecule has 1 aromatic rings. The summed E-state index contributed by atoms with van der Waals surface area (Å²) in [7, 11) is 0. The zero-order valence-corrected chi connectivity index (χ0v) is 8.21. The third-order valence-electron chi connectivity index (χ3n) is 0.945. The van der Waals surface area contributed by atoms with Crippen molar-refractivity contribution in [3.05, 3.63) is 28.5 Å². The molecule has 0 saturated carbocycles. The van der Waals surface area contributed by atoms with Crippen LogP contribution in [0.1, 0.15) is 5.56 Å². The number of pyridine rings is 1. The molecule has 0 aliphatic heterocycles. The van der Waals surface area contributed by atoms with E-state index in [4.69, 9.17) is 11.6 Å². The van der Waals surface area contributed by atoms with Gasteiger partial charge in [0.1, 0.15) is 4.60 Å². The first-order chi connectivity index (χ1) is 4.33. The molecule has 0 aliphatic carbocycles. The molecule has 0 aromatic carbocycles. The van der Waals surface area contributed by atoms with Crippen molar-refractivity contribution in [2.75, 3.05) is 0 Å². The molecule has 0 N–H and O–H groups in total. The van der Waals surface area contributed by atoms with E-state index in [0.717, 1.165) is 10.2 Å². The smallest absolute Gasteiger partial charge is 0.106 e. The molecular weight excluding hydrogens is 237 g/mol. The summed E-state index contributed by atoms with van der Waals surface area (Å²) in [5.74, 6) is 0.543. The first-order valence-corrected chi connectivity index (χ1v) is 3.82. The number of alkyl halides is 1. The molecule has 0 radical (unpaired) electrons. The molecule has 1 nitrogen and oxygen atoms in total. The lowest BCUT2D eigenvalue weighted by molar-refractivity contribution is 1.23. The van der Waals surface area contributed by atoms with Gasteiger partial charge in [0.2, 0.25) is 0 Å². The highest BCUT2D eigenvalue weighted by atomic mass is 79.9. The maximum Gasteiger partial charge on any atom is 0.106 e. The average molecular weight is 243 g/mol. The number of hydrogen-bond acceptors (Lipinski definition) is 1. The van der Waals surface area contributed by atoms with Crippen LogP contribution in [0.5, 0.6) is 0 Å². The molecule has 0 fully saturated rings. The Hall–Kier alpha value is 0.210. The van der Waals surface area contributed by atoms with Crippen LogP contribution < -0.4 is 0 Å². The fourth-order valence-corrected chi connectivity index (χ4v) is 1.10. The van der Waals surface area contributed by atoms with Crippen molar-refractivity contribution >= 4 is 39.9 Å². The first kappa shape index (κ1) is 10.2. The Morgan fingerprint density at radius 2 is 2.30 bits per heavy atom. The fraction of sp³-hybridized carbons (Fsp3) is 0.167. The van der Waals surface area contributed by atoms with Gasteiger partial charge in [0.15, 0.2) is 0 Å². The lowest BCUT2D eigenvalue weighted by Gasteiger charge is -1.92. The van der Waals surface area contributed by atoms with Gasteiger partial charge in [-0.05, 0) is 33.6 Å². The van der Waals surface area contributed by atoms with Crippen molar-refractivity contribution in [2.45, 2.75) is 5.88 Å². The minimum atomic E-state index is 0. The van der Waals surface area contributed by atoms with Crippen molar-refractivity contribution in [3.63, 3.8) is 0 Å². The van der Waals surface area contributed by atoms with Gasteiger partial charge in [0.25, 0.3) is 0 Å². The van der Waals surface area contributed by atoms with E-state index in [2.05, 4.69) is 20.9 Å². The Kier molecular flexibility index (Phi) is 5.04. The van der Waals surface area contributed by atoms with Crippen molar-refractivity contribution in [2.24, 2.45) is 0 Å². The Labute approximate surface area is 79.3 Å².